The van der Waals surface area contributed by atoms with Crippen LogP contribution in [0.25, 0.3) is 0 Å². The van der Waals surface area contributed by atoms with Gasteiger partial charge in [0.25, 0.3) is 0 Å². The molecular formula is C20H23N3O3S. The zero-order chi connectivity index (χ0) is 19.3. The fourth-order valence-corrected chi connectivity index (χ4v) is 2.21. The fourth-order valence-electron chi connectivity index (χ4n) is 2.07. The van der Waals surface area contributed by atoms with E-state index in [-0.39, 0.29) is 0 Å². The van der Waals surface area contributed by atoms with Gasteiger partial charge in [-0.1, -0.05) is 18.2 Å². The van der Waals surface area contributed by atoms with Crippen molar-refractivity contribution < 1.29 is 14.2 Å². The van der Waals surface area contributed by atoms with Crippen LogP contribution in [0.3, 0.4) is 0 Å². The van der Waals surface area contributed by atoms with Crippen molar-refractivity contribution in [2.75, 3.05) is 26.9 Å². The topological polar surface area (TPSA) is 64.1 Å². The standard InChI is InChI=1S/C20H23N3O3S/c1-3-12-21-20(27)23-22-15-16-8-10-17(11-9-16)25-13-14-26-19-7-5-4-6-18(19)24-2/h3-11,15H,1,12-14H2,2H3,(H2,21,23,27)/b22-15+. The number of nitrogens with one attached hydrogen (secondary N) is 2. The molecule has 0 spiro atoms. The molecule has 0 saturated heterocycles. The molecule has 7 heteroatoms. The van der Waals surface area contributed by atoms with Gasteiger partial charge in [0.1, 0.15) is 19.0 Å². The Hall–Kier alpha value is -3.06. The Balaban J connectivity index is 1.72. The lowest BCUT2D eigenvalue weighted by molar-refractivity contribution is 0.211. The maximum Gasteiger partial charge on any atom is 0.187 e. The van der Waals surface area contributed by atoms with Crippen LogP contribution in [0.4, 0.5) is 0 Å². The molecule has 2 N–H and O–H groups in total. The molecule has 2 aromatic carbocycles. The second-order valence-electron chi connectivity index (χ2n) is 5.29. The van der Waals surface area contributed by atoms with Crippen LogP contribution in [0, 0.1) is 0 Å². The minimum Gasteiger partial charge on any atom is -0.493 e. The van der Waals surface area contributed by atoms with Crippen molar-refractivity contribution in [1.29, 1.82) is 0 Å². The van der Waals surface area contributed by atoms with E-state index in [9.17, 15) is 0 Å². The number of rotatable bonds is 10. The van der Waals surface area contributed by atoms with Crippen LogP contribution in [0.5, 0.6) is 17.2 Å². The minimum atomic E-state index is 0.419. The highest BCUT2D eigenvalue weighted by Crippen LogP contribution is 2.25. The largest absolute Gasteiger partial charge is 0.493 e. The average Bonchev–Trinajstić information content (AvgIpc) is 2.71. The van der Waals surface area contributed by atoms with Gasteiger partial charge in [0.15, 0.2) is 16.6 Å². The third-order valence-electron chi connectivity index (χ3n) is 3.35. The summed E-state index contributed by atoms with van der Waals surface area (Å²) in [5.74, 6) is 2.16. The first-order chi connectivity index (χ1) is 13.2. The lowest BCUT2D eigenvalue weighted by atomic mass is 10.2. The van der Waals surface area contributed by atoms with Crippen molar-refractivity contribution >= 4 is 23.5 Å². The van der Waals surface area contributed by atoms with E-state index in [0.717, 1.165) is 11.3 Å². The molecule has 0 saturated carbocycles. The molecule has 0 aliphatic heterocycles. The molecule has 0 aromatic heterocycles. The quantitative estimate of drug-likeness (QED) is 0.215. The summed E-state index contributed by atoms with van der Waals surface area (Å²) >= 11 is 5.04. The molecule has 0 fully saturated rings. The molecule has 0 amide bonds. The van der Waals surface area contributed by atoms with Crippen molar-refractivity contribution in [2.45, 2.75) is 0 Å². The SMILES string of the molecule is C=CCNC(=S)N/N=C/c1ccc(OCCOc2ccccc2OC)cc1. The highest BCUT2D eigenvalue weighted by atomic mass is 32.1. The monoisotopic (exact) mass is 385 g/mol. The van der Waals surface area contributed by atoms with Crippen LogP contribution in [-0.2, 0) is 0 Å². The number of methoxy groups -OCH3 is 1. The van der Waals surface area contributed by atoms with E-state index >= 15 is 0 Å². The van der Waals surface area contributed by atoms with Crippen LogP contribution in [0.1, 0.15) is 5.56 Å². The zero-order valence-corrected chi connectivity index (χ0v) is 16.0. The first-order valence-electron chi connectivity index (χ1n) is 8.39. The van der Waals surface area contributed by atoms with Crippen LogP contribution in [-0.4, -0.2) is 38.2 Å². The molecule has 142 valence electrons. The first-order valence-corrected chi connectivity index (χ1v) is 8.80. The number of nitrogens with zero attached hydrogens (tertiary/aromatic N) is 1. The van der Waals surface area contributed by atoms with Gasteiger partial charge in [-0.2, -0.15) is 5.10 Å². The Morgan fingerprint density at radius 1 is 1.07 bits per heavy atom. The van der Waals surface area contributed by atoms with E-state index in [4.69, 9.17) is 26.4 Å². The predicted molar refractivity (Wildman–Crippen MR) is 112 cm³/mol. The highest BCUT2D eigenvalue weighted by Gasteiger charge is 2.02. The van der Waals surface area contributed by atoms with E-state index in [2.05, 4.69) is 22.4 Å². The molecule has 6 nitrogen and oxygen atoms in total. The number of hydrogen-bond donors (Lipinski definition) is 2. The average molecular weight is 385 g/mol. The van der Waals surface area contributed by atoms with Gasteiger partial charge in [0.2, 0.25) is 0 Å². The van der Waals surface area contributed by atoms with Crippen molar-refractivity contribution in [1.82, 2.24) is 10.7 Å². The predicted octanol–water partition coefficient (Wildman–Crippen LogP) is 3.14. The first kappa shape index (κ1) is 20.3. The van der Waals surface area contributed by atoms with Gasteiger partial charge >= 0.3 is 0 Å². The van der Waals surface area contributed by atoms with Crippen molar-refractivity contribution in [2.24, 2.45) is 5.10 Å². The number of para-hydroxylation sites is 2. The van der Waals surface area contributed by atoms with Crippen molar-refractivity contribution in [3.63, 3.8) is 0 Å². The van der Waals surface area contributed by atoms with Gasteiger partial charge < -0.3 is 19.5 Å². The van der Waals surface area contributed by atoms with E-state index in [0.29, 0.717) is 36.4 Å². The molecule has 2 rings (SSSR count). The molecule has 0 radical (unpaired) electrons. The minimum absolute atomic E-state index is 0.419. The molecule has 0 unspecified atom stereocenters. The van der Waals surface area contributed by atoms with Crippen LogP contribution < -0.4 is 25.0 Å². The lowest BCUT2D eigenvalue weighted by Crippen LogP contribution is -2.31. The van der Waals surface area contributed by atoms with Crippen molar-refractivity contribution in [3.8, 4) is 17.2 Å². The smallest absolute Gasteiger partial charge is 0.187 e. The van der Waals surface area contributed by atoms with Gasteiger partial charge in [0, 0.05) is 6.54 Å². The maximum absolute atomic E-state index is 5.68. The second kappa shape index (κ2) is 11.5. The normalized spacial score (nSPS) is 10.3. The Kier molecular flexibility index (Phi) is 8.65. The second-order valence-corrected chi connectivity index (χ2v) is 5.69. The molecule has 0 bridgehead atoms. The highest BCUT2D eigenvalue weighted by molar-refractivity contribution is 7.80. The summed E-state index contributed by atoms with van der Waals surface area (Å²) in [5, 5.41) is 7.43. The fraction of sp³-hybridized carbons (Fsp3) is 0.200. The lowest BCUT2D eigenvalue weighted by Gasteiger charge is -2.11. The van der Waals surface area contributed by atoms with Crippen LogP contribution in [0.2, 0.25) is 0 Å². The van der Waals surface area contributed by atoms with Gasteiger partial charge in [-0.05, 0) is 54.2 Å². The third kappa shape index (κ3) is 7.37. The Bertz CT molecular complexity index is 763. The summed E-state index contributed by atoms with van der Waals surface area (Å²) < 4.78 is 16.6. The summed E-state index contributed by atoms with van der Waals surface area (Å²) in [7, 11) is 1.62. The van der Waals surface area contributed by atoms with Gasteiger partial charge in [0.05, 0.1) is 13.3 Å². The number of benzene rings is 2. The Labute approximate surface area is 164 Å². The number of thiocarbonyl (C=S) groups is 1. The number of ether oxygens (including phenoxy) is 3. The van der Waals surface area contributed by atoms with E-state index in [1.807, 2.05) is 48.5 Å². The molecule has 0 heterocycles. The molecule has 2 aromatic rings. The Morgan fingerprint density at radius 3 is 2.48 bits per heavy atom. The molecule has 0 aliphatic rings. The number of hydrogen-bond acceptors (Lipinski definition) is 5. The molecular weight excluding hydrogens is 362 g/mol. The summed E-state index contributed by atoms with van der Waals surface area (Å²) in [5.41, 5.74) is 3.65. The molecule has 0 atom stereocenters. The van der Waals surface area contributed by atoms with Gasteiger partial charge in [-0.25, -0.2) is 0 Å². The summed E-state index contributed by atoms with van der Waals surface area (Å²) in [6, 6.07) is 15.1. The van der Waals surface area contributed by atoms with Crippen LogP contribution >= 0.6 is 12.2 Å². The molecule has 27 heavy (non-hydrogen) atoms. The van der Waals surface area contributed by atoms with Crippen LogP contribution in [0.15, 0.2) is 66.3 Å². The third-order valence-corrected chi connectivity index (χ3v) is 3.58. The maximum atomic E-state index is 5.68. The van der Waals surface area contributed by atoms with E-state index in [1.165, 1.54) is 0 Å². The summed E-state index contributed by atoms with van der Waals surface area (Å²) in [4.78, 5) is 0. The van der Waals surface area contributed by atoms with E-state index in [1.54, 1.807) is 19.4 Å². The van der Waals surface area contributed by atoms with E-state index < -0.39 is 0 Å². The van der Waals surface area contributed by atoms with Gasteiger partial charge in [-0.15, -0.1) is 6.58 Å². The summed E-state index contributed by atoms with van der Waals surface area (Å²) in [6.45, 7) is 5.04. The zero-order valence-electron chi connectivity index (χ0n) is 15.2. The van der Waals surface area contributed by atoms with Crippen molar-refractivity contribution in [3.05, 3.63) is 66.7 Å². The molecule has 0 aliphatic carbocycles. The Morgan fingerprint density at radius 2 is 1.78 bits per heavy atom. The van der Waals surface area contributed by atoms with Gasteiger partial charge in [-0.3, -0.25) is 5.43 Å². The number of hydrazone groups is 1. The summed E-state index contributed by atoms with van der Waals surface area (Å²) in [6.07, 6.45) is 3.40.